The number of ether oxygens (including phenoxy) is 1. The van der Waals surface area contributed by atoms with E-state index in [0.29, 0.717) is 18.7 Å². The molecule has 1 aromatic rings. The van der Waals surface area contributed by atoms with E-state index in [-0.39, 0.29) is 11.1 Å². The van der Waals surface area contributed by atoms with Crippen molar-refractivity contribution in [3.63, 3.8) is 0 Å². The van der Waals surface area contributed by atoms with Crippen LogP contribution in [0.2, 0.25) is 18.1 Å². The number of hydroxylamine groups is 1. The highest BCUT2D eigenvalue weighted by molar-refractivity contribution is 6.74. The van der Waals surface area contributed by atoms with Gasteiger partial charge in [-0.3, -0.25) is 4.84 Å². The fraction of sp³-hybridized carbons (Fsp3) is 0.708. The van der Waals surface area contributed by atoms with Crippen molar-refractivity contribution >= 4 is 32.7 Å². The van der Waals surface area contributed by atoms with Crippen LogP contribution in [0, 0.1) is 0 Å². The predicted molar refractivity (Wildman–Crippen MR) is 135 cm³/mol. The molecule has 1 heterocycles. The third-order valence-electron chi connectivity index (χ3n) is 7.10. The molecule has 1 saturated heterocycles. The Morgan fingerprint density at radius 2 is 1.61 bits per heavy atom. The summed E-state index contributed by atoms with van der Waals surface area (Å²) in [5, 5.41) is 1.28. The standard InChI is InChI=1S/C24H42BNO6Si/c1-18(16-17-29-33(10,11)22(2,3)4)30-21(27)26(28-9)20-14-12-19(13-15-20)25-31-23(5,6)24(7,8)32-25/h12-15,18H,16-17H2,1-11H3. The molecule has 0 spiro atoms. The van der Waals surface area contributed by atoms with Gasteiger partial charge in [-0.1, -0.05) is 32.9 Å². The predicted octanol–water partition coefficient (Wildman–Crippen LogP) is 5.29. The topological polar surface area (TPSA) is 66.5 Å². The molecule has 186 valence electrons. The Bertz CT molecular complexity index is 790. The number of carbonyl (C=O) groups excluding carboxylic acids is 1. The highest BCUT2D eigenvalue weighted by Crippen LogP contribution is 2.37. The van der Waals surface area contributed by atoms with Crippen molar-refractivity contribution in [1.29, 1.82) is 0 Å². The van der Waals surface area contributed by atoms with Crippen LogP contribution in [0.3, 0.4) is 0 Å². The number of amides is 1. The second-order valence-electron chi connectivity index (χ2n) is 11.2. The molecule has 1 amide bonds. The second kappa shape index (κ2) is 10.1. The van der Waals surface area contributed by atoms with E-state index >= 15 is 0 Å². The molecule has 2 rings (SSSR count). The van der Waals surface area contributed by atoms with E-state index in [9.17, 15) is 4.79 Å². The van der Waals surface area contributed by atoms with Crippen molar-refractivity contribution < 1.29 is 28.1 Å². The summed E-state index contributed by atoms with van der Waals surface area (Å²) in [5.74, 6) is 0. The normalized spacial score (nSPS) is 18.8. The van der Waals surface area contributed by atoms with Gasteiger partial charge in [-0.25, -0.2) is 4.79 Å². The Morgan fingerprint density at radius 3 is 2.06 bits per heavy atom. The van der Waals surface area contributed by atoms with Gasteiger partial charge in [-0.15, -0.1) is 0 Å². The fourth-order valence-electron chi connectivity index (χ4n) is 3.01. The lowest BCUT2D eigenvalue weighted by Gasteiger charge is -2.36. The maximum atomic E-state index is 12.7. The van der Waals surface area contributed by atoms with Crippen LogP contribution < -0.4 is 10.5 Å². The van der Waals surface area contributed by atoms with Gasteiger partial charge in [-0.05, 0) is 70.3 Å². The molecule has 1 unspecified atom stereocenters. The zero-order chi connectivity index (χ0) is 25.2. The number of hydrogen-bond donors (Lipinski definition) is 0. The molecule has 33 heavy (non-hydrogen) atoms. The quantitative estimate of drug-likeness (QED) is 0.373. The number of rotatable bonds is 8. The van der Waals surface area contributed by atoms with Gasteiger partial charge in [0.25, 0.3) is 0 Å². The second-order valence-corrected chi connectivity index (χ2v) is 16.1. The van der Waals surface area contributed by atoms with Gasteiger partial charge in [0.15, 0.2) is 8.32 Å². The number of anilines is 1. The lowest BCUT2D eigenvalue weighted by molar-refractivity contribution is 0.00578. The van der Waals surface area contributed by atoms with E-state index in [4.69, 9.17) is 23.3 Å². The average molecular weight is 479 g/mol. The first kappa shape index (κ1) is 27.9. The van der Waals surface area contributed by atoms with Crippen LogP contribution >= 0.6 is 0 Å². The van der Waals surface area contributed by atoms with Crippen LogP contribution in [0.25, 0.3) is 0 Å². The highest BCUT2D eigenvalue weighted by atomic mass is 28.4. The van der Waals surface area contributed by atoms with Gasteiger partial charge in [0.1, 0.15) is 6.10 Å². The molecule has 9 heteroatoms. The minimum Gasteiger partial charge on any atom is -0.445 e. The first-order chi connectivity index (χ1) is 15.0. The van der Waals surface area contributed by atoms with Crippen molar-refractivity contribution in [2.45, 2.75) is 97.2 Å². The lowest BCUT2D eigenvalue weighted by atomic mass is 9.79. The average Bonchev–Trinajstić information content (AvgIpc) is 2.89. The molecule has 0 radical (unpaired) electrons. The summed E-state index contributed by atoms with van der Waals surface area (Å²) >= 11 is 0. The first-order valence-corrected chi connectivity index (χ1v) is 14.6. The Morgan fingerprint density at radius 1 is 1.09 bits per heavy atom. The van der Waals surface area contributed by atoms with Crippen molar-refractivity contribution in [1.82, 2.24) is 0 Å². The van der Waals surface area contributed by atoms with Crippen LogP contribution in [-0.2, 0) is 23.3 Å². The first-order valence-electron chi connectivity index (χ1n) is 11.7. The summed E-state index contributed by atoms with van der Waals surface area (Å²) in [6.45, 7) is 21.5. The molecule has 1 aromatic carbocycles. The molecule has 0 aliphatic carbocycles. The minimum atomic E-state index is -1.82. The molecule has 1 aliphatic heterocycles. The largest absolute Gasteiger partial charge is 0.494 e. The third-order valence-corrected chi connectivity index (χ3v) is 11.6. The number of nitrogens with zero attached hydrogens (tertiary/aromatic N) is 1. The highest BCUT2D eigenvalue weighted by Gasteiger charge is 2.51. The van der Waals surface area contributed by atoms with Crippen molar-refractivity contribution in [2.75, 3.05) is 18.8 Å². The summed E-state index contributed by atoms with van der Waals surface area (Å²) in [5.41, 5.74) is 0.609. The molecule has 1 fully saturated rings. The lowest BCUT2D eigenvalue weighted by Crippen LogP contribution is -2.41. The van der Waals surface area contributed by atoms with Crippen LogP contribution in [0.15, 0.2) is 24.3 Å². The molecule has 0 N–H and O–H groups in total. The Hall–Kier alpha value is -1.39. The Labute approximate surface area is 201 Å². The van der Waals surface area contributed by atoms with E-state index in [1.54, 1.807) is 12.1 Å². The van der Waals surface area contributed by atoms with Gasteiger partial charge >= 0.3 is 13.2 Å². The summed E-state index contributed by atoms with van der Waals surface area (Å²) < 4.78 is 24.0. The van der Waals surface area contributed by atoms with E-state index in [0.717, 1.165) is 10.5 Å². The van der Waals surface area contributed by atoms with Crippen LogP contribution in [0.4, 0.5) is 10.5 Å². The summed E-state index contributed by atoms with van der Waals surface area (Å²) in [6, 6.07) is 7.31. The Kier molecular flexibility index (Phi) is 8.51. The Balaban J connectivity index is 1.95. The SMILES string of the molecule is CON(C(=O)OC(C)CCO[Si](C)(C)C(C)(C)C)c1ccc(B2OC(C)(C)C(C)(C)O2)cc1. The van der Waals surface area contributed by atoms with Gasteiger partial charge in [0.05, 0.1) is 24.0 Å². The van der Waals surface area contributed by atoms with Gasteiger partial charge in [-0.2, -0.15) is 5.06 Å². The van der Waals surface area contributed by atoms with Crippen LogP contribution in [-0.4, -0.2) is 52.6 Å². The van der Waals surface area contributed by atoms with E-state index in [2.05, 4.69) is 33.9 Å². The van der Waals surface area contributed by atoms with Crippen molar-refractivity contribution in [3.05, 3.63) is 24.3 Å². The molecule has 0 bridgehead atoms. The molecular formula is C24H42BNO6Si. The summed E-state index contributed by atoms with van der Waals surface area (Å²) in [7, 11) is -0.850. The van der Waals surface area contributed by atoms with Crippen molar-refractivity contribution in [2.24, 2.45) is 0 Å². The molecule has 0 saturated carbocycles. The smallest absolute Gasteiger partial charge is 0.445 e. The molecular weight excluding hydrogens is 437 g/mol. The van der Waals surface area contributed by atoms with Gasteiger partial charge < -0.3 is 18.5 Å². The van der Waals surface area contributed by atoms with Crippen molar-refractivity contribution in [3.8, 4) is 0 Å². The van der Waals surface area contributed by atoms with E-state index in [1.165, 1.54) is 7.11 Å². The zero-order valence-electron chi connectivity index (χ0n) is 22.3. The van der Waals surface area contributed by atoms with E-state index in [1.807, 2.05) is 46.8 Å². The third kappa shape index (κ3) is 6.60. The van der Waals surface area contributed by atoms with E-state index < -0.39 is 32.7 Å². The number of carbonyl (C=O) groups is 1. The zero-order valence-corrected chi connectivity index (χ0v) is 23.3. The minimum absolute atomic E-state index is 0.145. The molecule has 1 aliphatic rings. The van der Waals surface area contributed by atoms with Gasteiger partial charge in [0, 0.05) is 13.0 Å². The maximum absolute atomic E-state index is 12.7. The molecule has 1 atom stereocenters. The van der Waals surface area contributed by atoms with Crippen LogP contribution in [0.5, 0.6) is 0 Å². The maximum Gasteiger partial charge on any atom is 0.494 e. The number of benzene rings is 1. The van der Waals surface area contributed by atoms with Gasteiger partial charge in [0.2, 0.25) is 0 Å². The summed E-state index contributed by atoms with van der Waals surface area (Å²) in [6.07, 6.45) is -0.249. The summed E-state index contributed by atoms with van der Waals surface area (Å²) in [4.78, 5) is 18.0. The monoisotopic (exact) mass is 479 g/mol. The fourth-order valence-corrected chi connectivity index (χ4v) is 4.07. The number of hydrogen-bond acceptors (Lipinski definition) is 6. The molecule has 7 nitrogen and oxygen atoms in total. The van der Waals surface area contributed by atoms with Crippen LogP contribution in [0.1, 0.15) is 61.8 Å². The molecule has 0 aromatic heterocycles.